The van der Waals surface area contributed by atoms with Crippen LogP contribution in [0.3, 0.4) is 0 Å². The van der Waals surface area contributed by atoms with E-state index in [1.54, 1.807) is 0 Å². The van der Waals surface area contributed by atoms with Crippen LogP contribution in [0.25, 0.3) is 0 Å². The topological polar surface area (TPSA) is 32.8 Å². The Bertz CT molecular complexity index is 607. The number of benzene rings is 1. The van der Waals surface area contributed by atoms with Crippen molar-refractivity contribution in [3.8, 4) is 5.75 Å². The van der Waals surface area contributed by atoms with Gasteiger partial charge in [-0.05, 0) is 50.1 Å². The van der Waals surface area contributed by atoms with Crippen LogP contribution in [0, 0.1) is 0 Å². The Hall–Kier alpha value is -1.81. The number of amides is 1. The molecule has 0 N–H and O–H groups in total. The highest BCUT2D eigenvalue weighted by molar-refractivity contribution is 6.06. The van der Waals surface area contributed by atoms with Crippen LogP contribution in [0.4, 0.5) is 5.69 Å². The fourth-order valence-electron chi connectivity index (χ4n) is 3.73. The number of fused-ring (bicyclic) bond motifs is 1. The Balaban J connectivity index is 1.66. The van der Waals surface area contributed by atoms with Crippen molar-refractivity contribution < 1.29 is 9.53 Å². The molecular formula is C20H28N2O2. The molecule has 130 valence electrons. The van der Waals surface area contributed by atoms with Crippen molar-refractivity contribution in [3.05, 3.63) is 35.9 Å². The molecule has 1 aromatic carbocycles. The van der Waals surface area contributed by atoms with Crippen LogP contribution in [0.2, 0.25) is 0 Å². The van der Waals surface area contributed by atoms with Crippen LogP contribution in [0.15, 0.2) is 35.9 Å². The Morgan fingerprint density at radius 2 is 2.08 bits per heavy atom. The lowest BCUT2D eigenvalue weighted by Gasteiger charge is -2.30. The van der Waals surface area contributed by atoms with Gasteiger partial charge in [-0.2, -0.15) is 0 Å². The molecule has 1 saturated carbocycles. The number of hydrogen-bond donors (Lipinski definition) is 0. The molecule has 1 fully saturated rings. The number of ether oxygens (including phenoxy) is 1. The molecular weight excluding hydrogens is 300 g/mol. The van der Waals surface area contributed by atoms with E-state index in [9.17, 15) is 4.79 Å². The lowest BCUT2D eigenvalue weighted by molar-refractivity contribution is -0.113. The summed E-state index contributed by atoms with van der Waals surface area (Å²) in [6.45, 7) is 8.01. The van der Waals surface area contributed by atoms with Gasteiger partial charge in [0.1, 0.15) is 12.4 Å². The maximum absolute atomic E-state index is 12.4. The Labute approximate surface area is 145 Å². The summed E-state index contributed by atoms with van der Waals surface area (Å²) in [5, 5.41) is 0. The van der Waals surface area contributed by atoms with E-state index in [2.05, 4.69) is 18.7 Å². The summed E-state index contributed by atoms with van der Waals surface area (Å²) >= 11 is 0. The number of nitrogens with zero attached hydrogens (tertiary/aromatic N) is 2. The molecule has 0 aromatic heterocycles. The van der Waals surface area contributed by atoms with Crippen molar-refractivity contribution in [3.63, 3.8) is 0 Å². The summed E-state index contributed by atoms with van der Waals surface area (Å²) in [4.78, 5) is 16.7. The van der Waals surface area contributed by atoms with Gasteiger partial charge in [-0.1, -0.05) is 26.3 Å². The van der Waals surface area contributed by atoms with Crippen molar-refractivity contribution in [1.82, 2.24) is 4.90 Å². The van der Waals surface area contributed by atoms with E-state index >= 15 is 0 Å². The minimum atomic E-state index is 0.122. The number of likely N-dealkylation sites (N-methyl/N-ethyl adjacent to an activating group) is 1. The van der Waals surface area contributed by atoms with Crippen molar-refractivity contribution >= 4 is 11.6 Å². The van der Waals surface area contributed by atoms with Crippen molar-refractivity contribution in [2.75, 3.05) is 31.1 Å². The highest BCUT2D eigenvalue weighted by Gasteiger charge is 2.35. The van der Waals surface area contributed by atoms with Crippen LogP contribution in [-0.4, -0.2) is 43.1 Å². The highest BCUT2D eigenvalue weighted by atomic mass is 16.5. The zero-order valence-electron chi connectivity index (χ0n) is 14.8. The smallest absolute Gasteiger partial charge is 0.251 e. The first kappa shape index (κ1) is 17.0. The lowest BCUT2D eigenvalue weighted by Crippen LogP contribution is -2.36. The van der Waals surface area contributed by atoms with Gasteiger partial charge in [0, 0.05) is 24.4 Å². The quantitative estimate of drug-likeness (QED) is 0.766. The number of rotatable bonds is 7. The molecule has 1 amide bonds. The van der Waals surface area contributed by atoms with Crippen LogP contribution in [0.5, 0.6) is 5.75 Å². The van der Waals surface area contributed by atoms with Gasteiger partial charge in [0.15, 0.2) is 0 Å². The predicted molar refractivity (Wildman–Crippen MR) is 97.6 cm³/mol. The zero-order valence-corrected chi connectivity index (χ0v) is 14.8. The molecule has 1 aliphatic heterocycles. The first-order chi connectivity index (χ1) is 11.7. The molecule has 1 heterocycles. The van der Waals surface area contributed by atoms with E-state index in [0.717, 1.165) is 43.9 Å². The fraction of sp³-hybridized carbons (Fsp3) is 0.550. The highest BCUT2D eigenvalue weighted by Crippen LogP contribution is 2.36. The Morgan fingerprint density at radius 3 is 2.88 bits per heavy atom. The average Bonchev–Trinajstić information content (AvgIpc) is 2.95. The number of anilines is 1. The maximum atomic E-state index is 12.4. The van der Waals surface area contributed by atoms with Gasteiger partial charge >= 0.3 is 0 Å². The van der Waals surface area contributed by atoms with Gasteiger partial charge < -0.3 is 14.5 Å². The minimum absolute atomic E-state index is 0.122. The Kier molecular flexibility index (Phi) is 5.56. The molecule has 3 rings (SSSR count). The second-order valence-corrected chi connectivity index (χ2v) is 6.56. The third-order valence-corrected chi connectivity index (χ3v) is 5.15. The first-order valence-electron chi connectivity index (χ1n) is 9.21. The average molecular weight is 328 g/mol. The third kappa shape index (κ3) is 3.64. The van der Waals surface area contributed by atoms with Gasteiger partial charge in [0.25, 0.3) is 5.91 Å². The molecule has 4 heteroatoms. The molecule has 1 atom stereocenters. The molecule has 24 heavy (non-hydrogen) atoms. The SMILES string of the molecule is CCN(CC)CCOc1cccc(N2C(=O)C=C3CCCCC32)c1. The van der Waals surface area contributed by atoms with E-state index in [4.69, 9.17) is 4.74 Å². The van der Waals surface area contributed by atoms with Gasteiger partial charge in [0.05, 0.1) is 6.04 Å². The molecule has 2 aliphatic rings. The lowest BCUT2D eigenvalue weighted by atomic mass is 9.91. The molecule has 4 nitrogen and oxygen atoms in total. The molecule has 1 unspecified atom stereocenters. The van der Waals surface area contributed by atoms with Crippen molar-refractivity contribution in [2.45, 2.75) is 45.6 Å². The maximum Gasteiger partial charge on any atom is 0.251 e. The summed E-state index contributed by atoms with van der Waals surface area (Å²) in [5.74, 6) is 0.967. The number of carbonyl (C=O) groups excluding carboxylic acids is 1. The summed E-state index contributed by atoms with van der Waals surface area (Å²) in [6.07, 6.45) is 6.39. The van der Waals surface area contributed by atoms with Crippen LogP contribution >= 0.6 is 0 Å². The van der Waals surface area contributed by atoms with Gasteiger partial charge in [-0.25, -0.2) is 0 Å². The normalized spacial score (nSPS) is 20.3. The van der Waals surface area contributed by atoms with Gasteiger partial charge in [0.2, 0.25) is 0 Å². The monoisotopic (exact) mass is 328 g/mol. The summed E-state index contributed by atoms with van der Waals surface area (Å²) < 4.78 is 5.92. The molecule has 0 radical (unpaired) electrons. The number of hydrogen-bond acceptors (Lipinski definition) is 3. The summed E-state index contributed by atoms with van der Waals surface area (Å²) in [5.41, 5.74) is 2.26. The standard InChI is InChI=1S/C20H28N2O2/c1-3-21(4-2)12-13-24-18-10-7-9-17(15-18)22-19-11-6-5-8-16(19)14-20(22)23/h7,9-10,14-15,19H,3-6,8,11-13H2,1-2H3. The van der Waals surface area contributed by atoms with Crippen LogP contribution in [0.1, 0.15) is 39.5 Å². The molecule has 1 aromatic rings. The predicted octanol–water partition coefficient (Wildman–Crippen LogP) is 3.62. The second-order valence-electron chi connectivity index (χ2n) is 6.56. The van der Waals surface area contributed by atoms with E-state index in [0.29, 0.717) is 6.61 Å². The molecule has 0 spiro atoms. The van der Waals surface area contributed by atoms with E-state index in [1.165, 1.54) is 18.4 Å². The van der Waals surface area contributed by atoms with Crippen molar-refractivity contribution in [1.29, 1.82) is 0 Å². The second kappa shape index (κ2) is 7.84. The van der Waals surface area contributed by atoms with E-state index in [-0.39, 0.29) is 11.9 Å². The molecule has 0 saturated heterocycles. The van der Waals surface area contributed by atoms with Gasteiger partial charge in [-0.3, -0.25) is 4.79 Å². The molecule has 1 aliphatic carbocycles. The summed E-state index contributed by atoms with van der Waals surface area (Å²) in [6, 6.07) is 8.24. The van der Waals surface area contributed by atoms with Crippen LogP contribution in [-0.2, 0) is 4.79 Å². The third-order valence-electron chi connectivity index (χ3n) is 5.15. The minimum Gasteiger partial charge on any atom is -0.492 e. The van der Waals surface area contributed by atoms with Gasteiger partial charge in [-0.15, -0.1) is 0 Å². The van der Waals surface area contributed by atoms with E-state index in [1.807, 2.05) is 35.2 Å². The van der Waals surface area contributed by atoms with E-state index < -0.39 is 0 Å². The summed E-state index contributed by atoms with van der Waals surface area (Å²) in [7, 11) is 0. The fourth-order valence-corrected chi connectivity index (χ4v) is 3.73. The largest absolute Gasteiger partial charge is 0.492 e. The van der Waals surface area contributed by atoms with Crippen molar-refractivity contribution in [2.24, 2.45) is 0 Å². The number of carbonyl (C=O) groups is 1. The first-order valence-corrected chi connectivity index (χ1v) is 9.21. The van der Waals surface area contributed by atoms with Crippen LogP contribution < -0.4 is 9.64 Å². The zero-order chi connectivity index (χ0) is 16.9. The molecule has 0 bridgehead atoms. The Morgan fingerprint density at radius 1 is 1.25 bits per heavy atom.